The van der Waals surface area contributed by atoms with Crippen molar-refractivity contribution in [1.29, 1.82) is 0 Å². The Labute approximate surface area is 237 Å². The second-order valence-electron chi connectivity index (χ2n) is 14.0. The van der Waals surface area contributed by atoms with Gasteiger partial charge in [0.2, 0.25) is 0 Å². The zero-order valence-corrected chi connectivity index (χ0v) is 24.6. The molecule has 40 heavy (non-hydrogen) atoms. The molecule has 2 spiro atoms. The van der Waals surface area contributed by atoms with Crippen molar-refractivity contribution in [2.75, 3.05) is 20.2 Å². The van der Waals surface area contributed by atoms with Crippen LogP contribution in [0.25, 0.3) is 0 Å². The summed E-state index contributed by atoms with van der Waals surface area (Å²) in [7, 11) is 1.81. The van der Waals surface area contributed by atoms with Crippen LogP contribution in [0, 0.1) is 17.3 Å². The van der Waals surface area contributed by atoms with E-state index in [0.717, 1.165) is 56.2 Å². The zero-order chi connectivity index (χ0) is 28.7. The molecule has 1 aromatic carbocycles. The van der Waals surface area contributed by atoms with Crippen LogP contribution < -0.4 is 4.74 Å². The van der Waals surface area contributed by atoms with Gasteiger partial charge in [0.05, 0.1) is 5.60 Å². The Kier molecular flexibility index (Phi) is 6.49. The number of carbonyl (C=O) groups is 1. The van der Waals surface area contributed by atoms with Crippen LogP contribution in [0.5, 0.6) is 11.5 Å². The van der Waals surface area contributed by atoms with Gasteiger partial charge in [-0.15, -0.1) is 0 Å². The molecule has 1 aromatic rings. The smallest absolute Gasteiger partial charge is 0.328 e. The molecule has 3 N–H and O–H groups in total. The number of phenolic OH excluding ortho intramolecular Hbond substituents is 1. The van der Waals surface area contributed by atoms with Gasteiger partial charge < -0.3 is 24.8 Å². The van der Waals surface area contributed by atoms with Crippen molar-refractivity contribution in [3.05, 3.63) is 47.1 Å². The average Bonchev–Trinajstić information content (AvgIpc) is 3.63. The van der Waals surface area contributed by atoms with Crippen molar-refractivity contribution in [3.63, 3.8) is 0 Å². The lowest BCUT2D eigenvalue weighted by molar-refractivity contribution is -0.300. The van der Waals surface area contributed by atoms with E-state index < -0.39 is 17.2 Å². The van der Waals surface area contributed by atoms with E-state index in [0.29, 0.717) is 11.8 Å². The zero-order valence-electron chi connectivity index (χ0n) is 24.6. The van der Waals surface area contributed by atoms with Crippen LogP contribution in [0.4, 0.5) is 0 Å². The summed E-state index contributed by atoms with van der Waals surface area (Å²) in [5, 5.41) is 30.3. The fourth-order valence-electron chi connectivity index (χ4n) is 9.55. The molecule has 4 saturated carbocycles. The second-order valence-corrected chi connectivity index (χ2v) is 14.0. The van der Waals surface area contributed by atoms with Crippen molar-refractivity contribution < 1.29 is 29.6 Å². The maximum atomic E-state index is 11.4. The van der Waals surface area contributed by atoms with E-state index in [2.05, 4.69) is 11.0 Å². The number of ether oxygens (including phenoxy) is 2. The first-order valence-corrected chi connectivity index (χ1v) is 15.0. The van der Waals surface area contributed by atoms with Crippen LogP contribution in [0.3, 0.4) is 0 Å². The molecule has 5 fully saturated rings. The number of aliphatic carboxylic acids is 1. The molecule has 1 saturated heterocycles. The van der Waals surface area contributed by atoms with Crippen molar-refractivity contribution in [2.45, 2.75) is 101 Å². The fraction of sp³-hybridized carbons (Fsp3) is 0.667. The third-order valence-electron chi connectivity index (χ3n) is 11.2. The second kappa shape index (κ2) is 9.33. The Morgan fingerprint density at radius 1 is 1.23 bits per heavy atom. The molecular formula is C33H45NO6. The Balaban J connectivity index is 0.000000281. The highest BCUT2D eigenvalue weighted by atomic mass is 16.6. The van der Waals surface area contributed by atoms with Gasteiger partial charge in [0.25, 0.3) is 0 Å². The predicted molar refractivity (Wildman–Crippen MR) is 153 cm³/mol. The third-order valence-corrected chi connectivity index (χ3v) is 11.2. The lowest BCUT2D eigenvalue weighted by Crippen LogP contribution is -2.82. The standard InChI is InChI=1S/C26H35NO4.C7H10O2/c1-23(2,29)18-13-24-8-9-26(18,30-3)22-25(24)10-11-27(14-15-4-5-15)19(24)12-16-6-7-17(28)21(31-22)20(16)25;1-6(2)4-3-5-7(8)9/h6-7,15,18-19,22,28-29H,4-5,8-14H2,1-3H3;3-5H,1-2H3,(H,8,9)/b;5-3+/t18-,19-,22-,24-,25+,26-;/m1./s1. The number of phenols is 1. The number of carboxylic acids is 1. The minimum atomic E-state index is -0.910. The number of methoxy groups -OCH3 is 1. The van der Waals surface area contributed by atoms with E-state index in [1.165, 1.54) is 36.6 Å². The van der Waals surface area contributed by atoms with Crippen molar-refractivity contribution >= 4 is 5.97 Å². The van der Waals surface area contributed by atoms with Crippen LogP contribution in [0.2, 0.25) is 0 Å². The number of fused-ring (bicyclic) bond motifs is 2. The van der Waals surface area contributed by atoms with Gasteiger partial charge in [-0.1, -0.05) is 23.8 Å². The van der Waals surface area contributed by atoms with Gasteiger partial charge in [-0.25, -0.2) is 4.79 Å². The highest BCUT2D eigenvalue weighted by molar-refractivity contribution is 5.80. The molecule has 0 unspecified atom stereocenters. The number of allylic oxidation sites excluding steroid dienone is 3. The number of benzene rings is 1. The number of aromatic hydroxyl groups is 1. The third kappa shape index (κ3) is 3.83. The number of carboxylic acid groups (broad SMARTS) is 1. The average molecular weight is 552 g/mol. The molecule has 6 atom stereocenters. The molecule has 0 amide bonds. The maximum Gasteiger partial charge on any atom is 0.328 e. The number of rotatable bonds is 6. The Morgan fingerprint density at radius 3 is 2.60 bits per heavy atom. The molecule has 4 bridgehead atoms. The van der Waals surface area contributed by atoms with E-state index in [1.807, 2.05) is 40.9 Å². The molecule has 0 aromatic heterocycles. The van der Waals surface area contributed by atoms with E-state index in [4.69, 9.17) is 14.6 Å². The van der Waals surface area contributed by atoms with Crippen molar-refractivity contribution in [2.24, 2.45) is 17.3 Å². The summed E-state index contributed by atoms with van der Waals surface area (Å²) in [6, 6.07) is 4.46. The topological polar surface area (TPSA) is 99.5 Å². The molecule has 7 nitrogen and oxygen atoms in total. The van der Waals surface area contributed by atoms with Crippen LogP contribution in [0.1, 0.15) is 77.3 Å². The molecule has 2 heterocycles. The quantitative estimate of drug-likeness (QED) is 0.339. The SMILES string of the molecule is CC(C)=C/C=C/C(=O)O.CO[C@]12CC[C@@]3(C[C@@H]1C(C)(C)O)[C@H]1Cc4ccc(O)c5c4[C@@]3(CCN1CC1CC1)[C@H]2O5. The molecule has 7 heteroatoms. The molecule has 2 aliphatic heterocycles. The molecule has 218 valence electrons. The normalized spacial score (nSPS) is 36.9. The Bertz CT molecular complexity index is 1260. The number of likely N-dealkylation sites (tertiary alicyclic amines) is 1. The molecule has 5 aliphatic carbocycles. The van der Waals surface area contributed by atoms with Gasteiger partial charge in [-0.3, -0.25) is 4.90 Å². The number of hydrogen-bond acceptors (Lipinski definition) is 6. The minimum Gasteiger partial charge on any atom is -0.504 e. The van der Waals surface area contributed by atoms with E-state index in [-0.39, 0.29) is 28.6 Å². The molecule has 0 radical (unpaired) electrons. The summed E-state index contributed by atoms with van der Waals surface area (Å²) in [5.74, 6) is 0.946. The van der Waals surface area contributed by atoms with E-state index in [1.54, 1.807) is 6.08 Å². The number of aliphatic hydroxyl groups is 1. The molecular weight excluding hydrogens is 506 g/mol. The lowest BCUT2D eigenvalue weighted by atomic mass is 9.34. The van der Waals surface area contributed by atoms with Gasteiger partial charge in [-0.2, -0.15) is 0 Å². The Morgan fingerprint density at radius 2 is 1.98 bits per heavy atom. The van der Waals surface area contributed by atoms with Crippen LogP contribution in [-0.4, -0.2) is 69.7 Å². The summed E-state index contributed by atoms with van der Waals surface area (Å²) < 4.78 is 13.2. The monoisotopic (exact) mass is 551 g/mol. The fourth-order valence-corrected chi connectivity index (χ4v) is 9.55. The first kappa shape index (κ1) is 27.8. The highest BCUT2D eigenvalue weighted by Crippen LogP contribution is 2.77. The number of piperidine rings is 1. The first-order valence-electron chi connectivity index (χ1n) is 15.0. The summed E-state index contributed by atoms with van der Waals surface area (Å²) in [6.45, 7) is 10.0. The minimum absolute atomic E-state index is 0.0123. The lowest BCUT2D eigenvalue weighted by Gasteiger charge is -2.75. The summed E-state index contributed by atoms with van der Waals surface area (Å²) in [4.78, 5) is 12.7. The van der Waals surface area contributed by atoms with Crippen LogP contribution in [0.15, 0.2) is 35.9 Å². The van der Waals surface area contributed by atoms with E-state index >= 15 is 0 Å². The number of hydrogen-bond donors (Lipinski definition) is 3. The van der Waals surface area contributed by atoms with Crippen LogP contribution >= 0.6 is 0 Å². The van der Waals surface area contributed by atoms with Gasteiger partial charge in [0.15, 0.2) is 11.5 Å². The first-order chi connectivity index (χ1) is 18.9. The van der Waals surface area contributed by atoms with E-state index in [9.17, 15) is 15.0 Å². The van der Waals surface area contributed by atoms with Gasteiger partial charge in [0, 0.05) is 48.1 Å². The van der Waals surface area contributed by atoms with Gasteiger partial charge in [0.1, 0.15) is 11.7 Å². The summed E-state index contributed by atoms with van der Waals surface area (Å²) >= 11 is 0. The van der Waals surface area contributed by atoms with Gasteiger partial charge >= 0.3 is 5.97 Å². The van der Waals surface area contributed by atoms with Crippen LogP contribution in [-0.2, 0) is 21.4 Å². The number of nitrogens with zero attached hydrogens (tertiary/aromatic N) is 1. The maximum absolute atomic E-state index is 11.4. The summed E-state index contributed by atoms with van der Waals surface area (Å²) in [5.41, 5.74) is 2.33. The van der Waals surface area contributed by atoms with Crippen molar-refractivity contribution in [1.82, 2.24) is 4.90 Å². The summed E-state index contributed by atoms with van der Waals surface area (Å²) in [6.07, 6.45) is 12.1. The molecule has 7 aliphatic rings. The van der Waals surface area contributed by atoms with Gasteiger partial charge in [-0.05, 0) is 96.7 Å². The van der Waals surface area contributed by atoms with Crippen molar-refractivity contribution in [3.8, 4) is 11.5 Å². The Hall–Kier alpha value is -2.35. The molecule has 8 rings (SSSR count). The predicted octanol–water partition coefficient (Wildman–Crippen LogP) is 4.98. The highest BCUT2D eigenvalue weighted by Gasteiger charge is 2.81. The largest absolute Gasteiger partial charge is 0.504 e.